The van der Waals surface area contributed by atoms with Crippen molar-refractivity contribution >= 4 is 23.3 Å². The van der Waals surface area contributed by atoms with Gasteiger partial charge in [-0.25, -0.2) is 4.98 Å². The summed E-state index contributed by atoms with van der Waals surface area (Å²) in [6, 6.07) is 9.32. The fourth-order valence-electron chi connectivity index (χ4n) is 2.91. The lowest BCUT2D eigenvalue weighted by molar-refractivity contribution is -0.129. The lowest BCUT2D eigenvalue weighted by Gasteiger charge is -2.35. The molecule has 1 atom stereocenters. The third-order valence-corrected chi connectivity index (χ3v) is 4.34. The third kappa shape index (κ3) is 3.54. The first-order valence-electron chi connectivity index (χ1n) is 8.67. The Bertz CT molecular complexity index is 848. The van der Waals surface area contributed by atoms with Crippen molar-refractivity contribution in [3.63, 3.8) is 0 Å². The molecule has 2 aromatic rings. The van der Waals surface area contributed by atoms with E-state index >= 15 is 0 Å². The van der Waals surface area contributed by atoms with Gasteiger partial charge in [0.2, 0.25) is 5.91 Å². The Kier molecular flexibility index (Phi) is 4.93. The number of aryl methyl sites for hydroxylation is 2. The molecule has 0 fully saturated rings. The van der Waals surface area contributed by atoms with Crippen LogP contribution in [0.3, 0.4) is 0 Å². The third-order valence-electron chi connectivity index (χ3n) is 4.34. The topological polar surface area (TPSA) is 71.5 Å². The first-order valence-corrected chi connectivity index (χ1v) is 8.67. The number of nitrogens with zero attached hydrogens (tertiary/aromatic N) is 2. The van der Waals surface area contributed by atoms with Crippen LogP contribution in [0.5, 0.6) is 5.75 Å². The van der Waals surface area contributed by atoms with Gasteiger partial charge < -0.3 is 10.1 Å². The van der Waals surface area contributed by atoms with Gasteiger partial charge in [-0.15, -0.1) is 0 Å². The average molecular weight is 353 g/mol. The van der Waals surface area contributed by atoms with E-state index < -0.39 is 6.10 Å². The molecule has 1 N–H and O–H groups in total. The van der Waals surface area contributed by atoms with Gasteiger partial charge in [-0.2, -0.15) is 0 Å². The van der Waals surface area contributed by atoms with Crippen LogP contribution in [0.25, 0.3) is 0 Å². The molecule has 1 aliphatic rings. The molecule has 0 aliphatic carbocycles. The summed E-state index contributed by atoms with van der Waals surface area (Å²) in [6.07, 6.45) is 1.02. The largest absolute Gasteiger partial charge is 0.478 e. The van der Waals surface area contributed by atoms with Gasteiger partial charge in [0, 0.05) is 6.20 Å². The van der Waals surface area contributed by atoms with Crippen LogP contribution >= 0.6 is 0 Å². The number of carbonyl (C=O) groups is 2. The number of fused-ring (bicyclic) bond motifs is 1. The van der Waals surface area contributed by atoms with Crippen molar-refractivity contribution < 1.29 is 14.3 Å². The maximum Gasteiger partial charge on any atom is 0.268 e. The molecule has 0 bridgehead atoms. The average Bonchev–Trinajstić information content (AvgIpc) is 2.59. The van der Waals surface area contributed by atoms with E-state index in [0.717, 1.165) is 11.1 Å². The zero-order chi connectivity index (χ0) is 18.8. The summed E-state index contributed by atoms with van der Waals surface area (Å²) in [4.78, 5) is 31.1. The van der Waals surface area contributed by atoms with E-state index in [1.165, 1.54) is 4.90 Å². The summed E-state index contributed by atoms with van der Waals surface area (Å²) in [7, 11) is 0. The summed E-state index contributed by atoms with van der Waals surface area (Å²) in [5.41, 5.74) is 2.49. The quantitative estimate of drug-likeness (QED) is 0.917. The van der Waals surface area contributed by atoms with Crippen molar-refractivity contribution in [2.45, 2.75) is 33.8 Å². The summed E-state index contributed by atoms with van der Waals surface area (Å²) in [5, 5.41) is 2.78. The monoisotopic (exact) mass is 353 g/mol. The van der Waals surface area contributed by atoms with Crippen LogP contribution in [0, 0.1) is 19.8 Å². The van der Waals surface area contributed by atoms with Crippen LogP contribution in [-0.4, -0.2) is 29.4 Å². The molecule has 2 amide bonds. The number of carbonyl (C=O) groups excluding carboxylic acids is 2. The summed E-state index contributed by atoms with van der Waals surface area (Å²) >= 11 is 0. The molecule has 6 heteroatoms. The molecule has 136 valence electrons. The van der Waals surface area contributed by atoms with Gasteiger partial charge in [-0.05, 0) is 49.1 Å². The van der Waals surface area contributed by atoms with E-state index in [0.29, 0.717) is 17.3 Å². The van der Waals surface area contributed by atoms with Gasteiger partial charge in [0.15, 0.2) is 6.10 Å². The Morgan fingerprint density at radius 3 is 2.77 bits per heavy atom. The highest BCUT2D eigenvalue weighted by molar-refractivity contribution is 6.06. The highest BCUT2D eigenvalue weighted by atomic mass is 16.5. The minimum atomic E-state index is -0.602. The molecular weight excluding hydrogens is 330 g/mol. The number of amides is 2. The minimum absolute atomic E-state index is 0.000508. The van der Waals surface area contributed by atoms with E-state index in [-0.39, 0.29) is 24.3 Å². The maximum atomic E-state index is 12.9. The molecule has 26 heavy (non-hydrogen) atoms. The molecule has 1 aliphatic heterocycles. The second-order valence-electron chi connectivity index (χ2n) is 6.90. The highest BCUT2D eigenvalue weighted by Gasteiger charge is 2.37. The second-order valence-corrected chi connectivity index (χ2v) is 6.90. The van der Waals surface area contributed by atoms with Gasteiger partial charge in [0.25, 0.3) is 5.91 Å². The molecule has 2 heterocycles. The zero-order valence-electron chi connectivity index (χ0n) is 15.4. The van der Waals surface area contributed by atoms with Crippen LogP contribution in [0.4, 0.5) is 11.5 Å². The lowest BCUT2D eigenvalue weighted by Crippen LogP contribution is -2.50. The van der Waals surface area contributed by atoms with Crippen LogP contribution < -0.4 is 15.0 Å². The van der Waals surface area contributed by atoms with Gasteiger partial charge in [0.05, 0.1) is 5.69 Å². The van der Waals surface area contributed by atoms with Gasteiger partial charge in [-0.1, -0.05) is 26.0 Å². The number of rotatable bonds is 4. The highest BCUT2D eigenvalue weighted by Crippen LogP contribution is 2.36. The number of pyridine rings is 1. The lowest BCUT2D eigenvalue weighted by atomic mass is 10.0. The first-order chi connectivity index (χ1) is 12.4. The number of nitrogens with one attached hydrogen (secondary N) is 1. The van der Waals surface area contributed by atoms with Crippen LogP contribution in [0.2, 0.25) is 0 Å². The number of aromatic nitrogens is 1. The number of benzene rings is 1. The zero-order valence-corrected chi connectivity index (χ0v) is 15.4. The molecule has 0 unspecified atom stereocenters. The van der Waals surface area contributed by atoms with Gasteiger partial charge in [-0.3, -0.25) is 14.5 Å². The molecule has 0 spiro atoms. The summed E-state index contributed by atoms with van der Waals surface area (Å²) in [6.45, 7) is 7.58. The van der Waals surface area contributed by atoms with Crippen LogP contribution in [0.15, 0.2) is 36.5 Å². The Labute approximate surface area is 153 Å². The predicted molar refractivity (Wildman–Crippen MR) is 100 cm³/mol. The SMILES string of the molecule is Cc1ccc2c(c1)N(CC(=O)Nc1ncccc1C)C(=O)[C@H](C(C)C)O2. The van der Waals surface area contributed by atoms with Gasteiger partial charge in [0.1, 0.15) is 18.1 Å². The van der Waals surface area contributed by atoms with Crippen molar-refractivity contribution in [2.24, 2.45) is 5.92 Å². The van der Waals surface area contributed by atoms with Crippen LogP contribution in [-0.2, 0) is 9.59 Å². The fraction of sp³-hybridized carbons (Fsp3) is 0.350. The molecule has 0 radical (unpaired) electrons. The minimum Gasteiger partial charge on any atom is -0.478 e. The molecular formula is C20H23N3O3. The molecule has 3 rings (SSSR count). The molecule has 1 aromatic carbocycles. The van der Waals surface area contributed by atoms with E-state index in [9.17, 15) is 9.59 Å². The Hall–Kier alpha value is -2.89. The molecule has 6 nitrogen and oxygen atoms in total. The number of hydrogen-bond donors (Lipinski definition) is 1. The Morgan fingerprint density at radius 1 is 1.31 bits per heavy atom. The predicted octanol–water partition coefficient (Wildman–Crippen LogP) is 3.09. The Morgan fingerprint density at radius 2 is 2.08 bits per heavy atom. The standard InChI is InChI=1S/C20H23N3O3/c1-12(2)18-20(25)23(15-10-13(3)7-8-16(15)26-18)11-17(24)22-19-14(4)6-5-9-21-19/h5-10,12,18H,11H2,1-4H3,(H,21,22,24)/t18-/m0/s1. The van der Waals surface area contributed by atoms with Crippen molar-refractivity contribution in [3.05, 3.63) is 47.7 Å². The van der Waals surface area contributed by atoms with Crippen LogP contribution in [0.1, 0.15) is 25.0 Å². The van der Waals surface area contributed by atoms with E-state index in [4.69, 9.17) is 4.74 Å². The number of ether oxygens (including phenoxy) is 1. The van der Waals surface area contributed by atoms with E-state index in [1.54, 1.807) is 6.20 Å². The van der Waals surface area contributed by atoms with Gasteiger partial charge >= 0.3 is 0 Å². The van der Waals surface area contributed by atoms with Crippen molar-refractivity contribution in [1.29, 1.82) is 0 Å². The van der Waals surface area contributed by atoms with Crippen molar-refractivity contribution in [3.8, 4) is 5.75 Å². The smallest absolute Gasteiger partial charge is 0.268 e. The van der Waals surface area contributed by atoms with Crippen molar-refractivity contribution in [1.82, 2.24) is 4.98 Å². The molecule has 0 saturated heterocycles. The molecule has 0 saturated carbocycles. The molecule has 1 aromatic heterocycles. The second kappa shape index (κ2) is 7.15. The fourth-order valence-corrected chi connectivity index (χ4v) is 2.91. The maximum absolute atomic E-state index is 12.9. The Balaban J connectivity index is 1.87. The van der Waals surface area contributed by atoms with E-state index in [2.05, 4.69) is 10.3 Å². The number of hydrogen-bond acceptors (Lipinski definition) is 4. The normalized spacial score (nSPS) is 16.3. The summed E-state index contributed by atoms with van der Waals surface area (Å²) < 4.78 is 5.87. The number of anilines is 2. The van der Waals surface area contributed by atoms with Crippen molar-refractivity contribution in [2.75, 3.05) is 16.8 Å². The first kappa shape index (κ1) is 17.9. The van der Waals surface area contributed by atoms with E-state index in [1.807, 2.05) is 58.0 Å². The summed E-state index contributed by atoms with van der Waals surface area (Å²) in [5.74, 6) is 0.627.